The number of nitrogens with one attached hydrogen (secondary N) is 1. The van der Waals surface area contributed by atoms with Crippen LogP contribution < -0.4 is 5.32 Å². The summed E-state index contributed by atoms with van der Waals surface area (Å²) in [6, 6.07) is 4.39. The molecule has 0 radical (unpaired) electrons. The number of aromatic nitrogens is 3. The first-order valence-electron chi connectivity index (χ1n) is 6.89. The first kappa shape index (κ1) is 13.6. The largest absolute Gasteiger partial charge is 0.339 e. The fourth-order valence-electron chi connectivity index (χ4n) is 2.43. The third-order valence-electron chi connectivity index (χ3n) is 3.46. The molecule has 1 aliphatic heterocycles. The van der Waals surface area contributed by atoms with Gasteiger partial charge in [-0.3, -0.25) is 4.98 Å². The standard InChI is InChI=1S/C14H18N4OS/c1-2-16-12-9-20-8-11(12)14-17-13(18-19-14)7-10-3-5-15-6-4-10/h3-6,11-12,16H,2,7-9H2,1H3. The van der Waals surface area contributed by atoms with Crippen LogP contribution in [0.1, 0.15) is 30.1 Å². The number of rotatable bonds is 5. The van der Waals surface area contributed by atoms with Gasteiger partial charge in [-0.15, -0.1) is 0 Å². The van der Waals surface area contributed by atoms with E-state index in [4.69, 9.17) is 4.52 Å². The van der Waals surface area contributed by atoms with E-state index in [1.54, 1.807) is 12.4 Å². The van der Waals surface area contributed by atoms with Crippen molar-refractivity contribution in [1.82, 2.24) is 20.4 Å². The third kappa shape index (κ3) is 3.02. The lowest BCUT2D eigenvalue weighted by Crippen LogP contribution is -2.34. The van der Waals surface area contributed by atoms with E-state index < -0.39 is 0 Å². The van der Waals surface area contributed by atoms with Gasteiger partial charge in [0.2, 0.25) is 5.89 Å². The highest BCUT2D eigenvalue weighted by atomic mass is 32.2. The van der Waals surface area contributed by atoms with Crippen LogP contribution in [-0.2, 0) is 6.42 Å². The van der Waals surface area contributed by atoms with Crippen molar-refractivity contribution >= 4 is 11.8 Å². The van der Waals surface area contributed by atoms with Gasteiger partial charge in [-0.1, -0.05) is 12.1 Å². The Hall–Kier alpha value is -1.40. The Morgan fingerprint density at radius 2 is 2.20 bits per heavy atom. The number of hydrogen-bond acceptors (Lipinski definition) is 6. The van der Waals surface area contributed by atoms with Crippen molar-refractivity contribution in [2.24, 2.45) is 0 Å². The van der Waals surface area contributed by atoms with Crippen molar-refractivity contribution < 1.29 is 4.52 Å². The van der Waals surface area contributed by atoms with E-state index in [2.05, 4.69) is 27.4 Å². The van der Waals surface area contributed by atoms with Gasteiger partial charge in [0.25, 0.3) is 0 Å². The molecule has 2 atom stereocenters. The van der Waals surface area contributed by atoms with Crippen LogP contribution in [0.25, 0.3) is 0 Å². The number of likely N-dealkylation sites (N-methyl/N-ethyl adjacent to an activating group) is 1. The predicted molar refractivity (Wildman–Crippen MR) is 78.9 cm³/mol. The van der Waals surface area contributed by atoms with Crippen LogP contribution in [0, 0.1) is 0 Å². The summed E-state index contributed by atoms with van der Waals surface area (Å²) in [7, 11) is 0. The summed E-state index contributed by atoms with van der Waals surface area (Å²) in [4.78, 5) is 8.58. The molecule has 0 aromatic carbocycles. The molecule has 1 N–H and O–H groups in total. The second kappa shape index (κ2) is 6.37. The number of hydrogen-bond donors (Lipinski definition) is 1. The molecule has 20 heavy (non-hydrogen) atoms. The number of nitrogens with zero attached hydrogens (tertiary/aromatic N) is 3. The lowest BCUT2D eigenvalue weighted by Gasteiger charge is -2.15. The van der Waals surface area contributed by atoms with Crippen molar-refractivity contribution in [1.29, 1.82) is 0 Å². The van der Waals surface area contributed by atoms with Gasteiger partial charge < -0.3 is 9.84 Å². The fraction of sp³-hybridized carbons (Fsp3) is 0.500. The molecule has 2 aromatic rings. The minimum absolute atomic E-state index is 0.332. The van der Waals surface area contributed by atoms with Crippen LogP contribution in [0.4, 0.5) is 0 Å². The smallest absolute Gasteiger partial charge is 0.232 e. The van der Waals surface area contributed by atoms with E-state index in [-0.39, 0.29) is 0 Å². The summed E-state index contributed by atoms with van der Waals surface area (Å²) in [6.45, 7) is 3.10. The monoisotopic (exact) mass is 290 g/mol. The third-order valence-corrected chi connectivity index (χ3v) is 4.65. The summed E-state index contributed by atoms with van der Waals surface area (Å²) in [6.07, 6.45) is 4.26. The summed E-state index contributed by atoms with van der Waals surface area (Å²) in [5.74, 6) is 4.01. The lowest BCUT2D eigenvalue weighted by molar-refractivity contribution is 0.338. The maximum Gasteiger partial charge on any atom is 0.232 e. The van der Waals surface area contributed by atoms with Gasteiger partial charge in [0.1, 0.15) is 0 Å². The highest BCUT2D eigenvalue weighted by molar-refractivity contribution is 7.99. The molecule has 5 nitrogen and oxygen atoms in total. The summed E-state index contributed by atoms with van der Waals surface area (Å²) < 4.78 is 5.47. The van der Waals surface area contributed by atoms with Crippen LogP contribution in [-0.4, -0.2) is 39.2 Å². The topological polar surface area (TPSA) is 63.8 Å². The molecule has 0 spiro atoms. The van der Waals surface area contributed by atoms with E-state index in [1.165, 1.54) is 0 Å². The minimum atomic E-state index is 0.332. The molecule has 1 aliphatic rings. The zero-order valence-corrected chi connectivity index (χ0v) is 12.3. The second-order valence-corrected chi connectivity index (χ2v) is 5.96. The van der Waals surface area contributed by atoms with Crippen LogP contribution in [0.2, 0.25) is 0 Å². The van der Waals surface area contributed by atoms with Crippen molar-refractivity contribution in [2.75, 3.05) is 18.1 Å². The molecular formula is C14H18N4OS. The maximum absolute atomic E-state index is 5.47. The fourth-order valence-corrected chi connectivity index (χ4v) is 3.80. The molecule has 3 rings (SSSR count). The molecular weight excluding hydrogens is 272 g/mol. The molecule has 3 heterocycles. The molecule has 2 aromatic heterocycles. The molecule has 106 valence electrons. The van der Waals surface area contributed by atoms with Crippen LogP contribution in [0.15, 0.2) is 29.0 Å². The van der Waals surface area contributed by atoms with Crippen molar-refractivity contribution in [3.63, 3.8) is 0 Å². The van der Waals surface area contributed by atoms with Crippen molar-refractivity contribution in [3.05, 3.63) is 41.8 Å². The van der Waals surface area contributed by atoms with Gasteiger partial charge >= 0.3 is 0 Å². The highest BCUT2D eigenvalue weighted by Gasteiger charge is 2.32. The minimum Gasteiger partial charge on any atom is -0.339 e. The molecule has 0 bridgehead atoms. The second-order valence-electron chi connectivity index (χ2n) is 4.89. The summed E-state index contributed by atoms with van der Waals surface area (Å²) >= 11 is 1.94. The quantitative estimate of drug-likeness (QED) is 0.907. The van der Waals surface area contributed by atoms with E-state index >= 15 is 0 Å². The van der Waals surface area contributed by atoms with Crippen molar-refractivity contribution in [2.45, 2.75) is 25.3 Å². The Balaban J connectivity index is 1.70. The van der Waals surface area contributed by atoms with E-state index in [0.29, 0.717) is 18.4 Å². The van der Waals surface area contributed by atoms with E-state index in [9.17, 15) is 0 Å². The molecule has 1 fully saturated rings. The first-order valence-corrected chi connectivity index (χ1v) is 8.04. The van der Waals surface area contributed by atoms with Gasteiger partial charge in [-0.2, -0.15) is 16.7 Å². The zero-order valence-electron chi connectivity index (χ0n) is 11.5. The molecule has 0 saturated carbocycles. The maximum atomic E-state index is 5.47. The molecule has 1 saturated heterocycles. The summed E-state index contributed by atoms with van der Waals surface area (Å²) in [5, 5.41) is 7.60. The Kier molecular flexibility index (Phi) is 4.32. The van der Waals surface area contributed by atoms with Gasteiger partial charge in [0.15, 0.2) is 5.82 Å². The molecule has 2 unspecified atom stereocenters. The van der Waals surface area contributed by atoms with E-state index in [1.807, 2.05) is 23.9 Å². The Morgan fingerprint density at radius 1 is 1.35 bits per heavy atom. The molecule has 0 amide bonds. The van der Waals surface area contributed by atoms with Crippen LogP contribution in [0.5, 0.6) is 0 Å². The molecule has 0 aliphatic carbocycles. The highest BCUT2D eigenvalue weighted by Crippen LogP contribution is 2.32. The average Bonchev–Trinajstić information content (AvgIpc) is 3.09. The van der Waals surface area contributed by atoms with Gasteiger partial charge in [-0.25, -0.2) is 0 Å². The lowest BCUT2D eigenvalue weighted by atomic mass is 10.0. The SMILES string of the molecule is CCNC1CSCC1c1nc(Cc2ccncc2)no1. The number of pyridine rings is 1. The predicted octanol–water partition coefficient (Wildman–Crippen LogP) is 1.86. The zero-order chi connectivity index (χ0) is 13.8. The van der Waals surface area contributed by atoms with Crippen molar-refractivity contribution in [3.8, 4) is 0 Å². The van der Waals surface area contributed by atoms with Gasteiger partial charge in [0.05, 0.1) is 5.92 Å². The first-order chi connectivity index (χ1) is 9.86. The van der Waals surface area contributed by atoms with Crippen LogP contribution >= 0.6 is 11.8 Å². The number of thioether (sulfide) groups is 1. The van der Waals surface area contributed by atoms with Crippen LogP contribution in [0.3, 0.4) is 0 Å². The average molecular weight is 290 g/mol. The Morgan fingerprint density at radius 3 is 3.00 bits per heavy atom. The normalized spacial score (nSPS) is 22.2. The molecule has 6 heteroatoms. The van der Waals surface area contributed by atoms with E-state index in [0.717, 1.165) is 35.3 Å². The Labute approximate surface area is 122 Å². The van der Waals surface area contributed by atoms with Gasteiger partial charge in [0, 0.05) is 36.4 Å². The summed E-state index contributed by atoms with van der Waals surface area (Å²) in [5.41, 5.74) is 1.15. The Bertz CT molecular complexity index is 545. The van der Waals surface area contributed by atoms with Gasteiger partial charge in [-0.05, 0) is 24.2 Å².